The van der Waals surface area contributed by atoms with Crippen LogP contribution in [0.25, 0.3) is 16.7 Å². The zero-order valence-electron chi connectivity index (χ0n) is 24.9. The fourth-order valence-corrected chi connectivity index (χ4v) is 5.84. The van der Waals surface area contributed by atoms with E-state index in [1.165, 1.54) is 16.7 Å². The van der Waals surface area contributed by atoms with Crippen molar-refractivity contribution in [3.63, 3.8) is 0 Å². The van der Waals surface area contributed by atoms with E-state index in [1.54, 1.807) is 17.2 Å². The molecule has 7 rings (SSSR count). The Morgan fingerprint density at radius 1 is 1.02 bits per heavy atom. The minimum atomic E-state index is -0.514. The highest BCUT2D eigenvalue weighted by Crippen LogP contribution is 2.45. The van der Waals surface area contributed by atoms with Crippen molar-refractivity contribution in [1.82, 2.24) is 34.4 Å². The first-order valence-corrected chi connectivity index (χ1v) is 14.7. The fraction of sp³-hybridized carbons (Fsp3) is 0.375. The van der Waals surface area contributed by atoms with Gasteiger partial charge in [0.25, 0.3) is 0 Å². The third-order valence-electron chi connectivity index (χ3n) is 8.23. The molecule has 5 heterocycles. The average Bonchev–Trinajstić information content (AvgIpc) is 3.56. The maximum atomic E-state index is 12.9. The largest absolute Gasteiger partial charge is 0.444 e. The number of piperazine rings is 1. The Morgan fingerprint density at radius 3 is 2.67 bits per heavy atom. The van der Waals surface area contributed by atoms with Gasteiger partial charge in [0.1, 0.15) is 29.6 Å². The smallest absolute Gasteiger partial charge is 0.410 e. The number of aryl methyl sites for hydroxylation is 1. The molecule has 43 heavy (non-hydrogen) atoms. The molecule has 1 spiro atoms. The minimum Gasteiger partial charge on any atom is -0.444 e. The lowest BCUT2D eigenvalue weighted by molar-refractivity contribution is 0.0106. The summed E-state index contributed by atoms with van der Waals surface area (Å²) in [4.78, 5) is 35.4. The summed E-state index contributed by atoms with van der Waals surface area (Å²) >= 11 is 0. The Balaban J connectivity index is 1.09. The number of fused-ring (bicyclic) bond motifs is 2. The van der Waals surface area contributed by atoms with E-state index >= 15 is 0 Å². The maximum absolute atomic E-state index is 12.9. The fourth-order valence-electron chi connectivity index (χ4n) is 5.84. The first kappa shape index (κ1) is 27.1. The highest BCUT2D eigenvalue weighted by atomic mass is 16.6. The second kappa shape index (κ2) is 10.2. The van der Waals surface area contributed by atoms with Gasteiger partial charge in [-0.2, -0.15) is 5.10 Å². The predicted molar refractivity (Wildman–Crippen MR) is 165 cm³/mol. The number of nitrogens with zero attached hydrogens (tertiary/aromatic N) is 8. The van der Waals surface area contributed by atoms with Crippen molar-refractivity contribution in [2.24, 2.45) is 0 Å². The summed E-state index contributed by atoms with van der Waals surface area (Å²) in [6.07, 6.45) is 7.58. The first-order chi connectivity index (χ1) is 20.7. The Morgan fingerprint density at radius 2 is 1.88 bits per heavy atom. The van der Waals surface area contributed by atoms with Gasteiger partial charge in [-0.05, 0) is 100 Å². The molecular formula is C32H35N9O2. The van der Waals surface area contributed by atoms with Gasteiger partial charge in [0.2, 0.25) is 0 Å². The van der Waals surface area contributed by atoms with E-state index < -0.39 is 5.60 Å². The number of hydrogen-bond donors (Lipinski definition) is 1. The van der Waals surface area contributed by atoms with Crippen LogP contribution in [0.2, 0.25) is 0 Å². The zero-order chi connectivity index (χ0) is 29.8. The van der Waals surface area contributed by atoms with Crippen LogP contribution in [0, 0.1) is 6.92 Å². The van der Waals surface area contributed by atoms with Crippen molar-refractivity contribution >= 4 is 40.1 Å². The Hall–Kier alpha value is -4.80. The molecule has 0 bridgehead atoms. The topological polar surface area (TPSA) is 114 Å². The van der Waals surface area contributed by atoms with Crippen LogP contribution in [-0.4, -0.2) is 71.3 Å². The summed E-state index contributed by atoms with van der Waals surface area (Å²) in [5.74, 6) is 1.52. The molecule has 11 heteroatoms. The van der Waals surface area contributed by atoms with Crippen LogP contribution in [0.4, 0.5) is 22.1 Å². The number of aromatic nitrogens is 6. The van der Waals surface area contributed by atoms with Crippen molar-refractivity contribution in [3.05, 3.63) is 78.0 Å². The molecule has 220 valence electrons. The lowest BCUT2D eigenvalue weighted by Gasteiger charge is -2.42. The number of rotatable bonds is 5. The SMILES string of the molecule is Cc1cc(Nc2ncnc3ccc(N4CCN(C(=O)OC(C)(C)C)C5(CC5)C4)nc23)ccc1Cc1ccn2ncnc2c1. The van der Waals surface area contributed by atoms with Crippen LogP contribution in [0.15, 0.2) is 61.3 Å². The van der Waals surface area contributed by atoms with Crippen LogP contribution in [0.3, 0.4) is 0 Å². The molecule has 1 aliphatic carbocycles. The highest BCUT2D eigenvalue weighted by molar-refractivity contribution is 5.88. The van der Waals surface area contributed by atoms with Crippen molar-refractivity contribution in [2.45, 2.75) is 58.1 Å². The monoisotopic (exact) mass is 577 g/mol. The Labute approximate surface area is 249 Å². The Kier molecular flexibility index (Phi) is 6.41. The van der Waals surface area contributed by atoms with Crippen LogP contribution in [0.5, 0.6) is 0 Å². The van der Waals surface area contributed by atoms with Crippen LogP contribution in [0.1, 0.15) is 50.3 Å². The summed E-state index contributed by atoms with van der Waals surface area (Å²) in [6.45, 7) is 9.85. The third kappa shape index (κ3) is 5.42. The van der Waals surface area contributed by atoms with E-state index in [2.05, 4.69) is 67.5 Å². The van der Waals surface area contributed by atoms with Gasteiger partial charge < -0.3 is 15.0 Å². The van der Waals surface area contributed by atoms with Crippen LogP contribution in [-0.2, 0) is 11.2 Å². The summed E-state index contributed by atoms with van der Waals surface area (Å²) in [6, 6.07) is 14.5. The number of anilines is 3. The van der Waals surface area contributed by atoms with Gasteiger partial charge in [0.15, 0.2) is 11.5 Å². The van der Waals surface area contributed by atoms with Gasteiger partial charge in [0.05, 0.1) is 11.1 Å². The van der Waals surface area contributed by atoms with Crippen molar-refractivity contribution in [3.8, 4) is 0 Å². The average molecular weight is 578 g/mol. The lowest BCUT2D eigenvalue weighted by Crippen LogP contribution is -2.58. The van der Waals surface area contributed by atoms with E-state index in [9.17, 15) is 4.79 Å². The van der Waals surface area contributed by atoms with E-state index in [-0.39, 0.29) is 11.6 Å². The van der Waals surface area contributed by atoms with Gasteiger partial charge in [-0.3, -0.25) is 4.90 Å². The molecule has 0 unspecified atom stereocenters. The molecule has 1 N–H and O–H groups in total. The molecule has 1 amide bonds. The van der Waals surface area contributed by atoms with Crippen molar-refractivity contribution in [1.29, 1.82) is 0 Å². The third-order valence-corrected chi connectivity index (χ3v) is 8.23. The van der Waals surface area contributed by atoms with Gasteiger partial charge in [-0.15, -0.1) is 0 Å². The summed E-state index contributed by atoms with van der Waals surface area (Å²) in [5.41, 5.74) is 6.15. The second-order valence-corrected chi connectivity index (χ2v) is 12.6. The summed E-state index contributed by atoms with van der Waals surface area (Å²) in [7, 11) is 0. The number of nitrogens with one attached hydrogen (secondary N) is 1. The molecule has 1 saturated heterocycles. The molecule has 0 atom stereocenters. The van der Waals surface area contributed by atoms with Crippen molar-refractivity contribution in [2.75, 3.05) is 29.9 Å². The van der Waals surface area contributed by atoms with Crippen LogP contribution >= 0.6 is 0 Å². The summed E-state index contributed by atoms with van der Waals surface area (Å²) in [5, 5.41) is 7.66. The normalized spacial score (nSPS) is 16.2. The summed E-state index contributed by atoms with van der Waals surface area (Å²) < 4.78 is 7.47. The quantitative estimate of drug-likeness (QED) is 0.297. The predicted octanol–water partition coefficient (Wildman–Crippen LogP) is 5.30. The van der Waals surface area contributed by atoms with Gasteiger partial charge in [-0.1, -0.05) is 6.07 Å². The molecule has 1 saturated carbocycles. The number of pyridine rings is 2. The van der Waals surface area contributed by atoms with E-state index in [0.717, 1.165) is 48.5 Å². The molecule has 2 aliphatic rings. The second-order valence-electron chi connectivity index (χ2n) is 12.6. The van der Waals surface area contributed by atoms with Crippen LogP contribution < -0.4 is 10.2 Å². The number of hydrogen-bond acceptors (Lipinski definition) is 9. The zero-order valence-corrected chi connectivity index (χ0v) is 24.9. The van der Waals surface area contributed by atoms with E-state index in [0.29, 0.717) is 24.4 Å². The number of ether oxygens (including phenoxy) is 1. The molecule has 0 radical (unpaired) electrons. The van der Waals surface area contributed by atoms with Gasteiger partial charge in [-0.25, -0.2) is 29.2 Å². The van der Waals surface area contributed by atoms with Gasteiger partial charge >= 0.3 is 6.09 Å². The highest BCUT2D eigenvalue weighted by Gasteiger charge is 2.54. The molecule has 1 aliphatic heterocycles. The molecule has 11 nitrogen and oxygen atoms in total. The molecule has 2 fully saturated rings. The standard InChI is InChI=1S/C32H35N9O2/c1-21-15-24(6-5-23(21)16-22-9-12-41-27(17-22)34-20-36-41)37-29-28-25(33-19-35-29)7-8-26(38-28)39-13-14-40(32(18-39)10-11-32)30(42)43-31(2,3)4/h5-9,12,15,17,19-20H,10-11,13-14,16,18H2,1-4H3,(H,33,35,37). The molecular weight excluding hydrogens is 542 g/mol. The van der Waals surface area contributed by atoms with Crippen molar-refractivity contribution < 1.29 is 9.53 Å². The van der Waals surface area contributed by atoms with Gasteiger partial charge in [0, 0.05) is 31.5 Å². The first-order valence-electron chi connectivity index (χ1n) is 14.7. The molecule has 1 aromatic carbocycles. The molecule has 5 aromatic rings. The minimum absolute atomic E-state index is 0.189. The number of carbonyl (C=O) groups is 1. The van der Waals surface area contributed by atoms with E-state index in [4.69, 9.17) is 9.72 Å². The number of benzene rings is 1. The van der Waals surface area contributed by atoms with E-state index in [1.807, 2.05) is 44.0 Å². The number of amides is 1. The lowest BCUT2D eigenvalue weighted by atomic mass is 10.0. The number of carbonyl (C=O) groups excluding carboxylic acids is 1. The molecule has 4 aromatic heterocycles. The Bertz CT molecular complexity index is 1840. The maximum Gasteiger partial charge on any atom is 0.410 e.